The molecule has 0 saturated heterocycles. The second kappa shape index (κ2) is 4.65. The highest BCUT2D eigenvalue weighted by Gasteiger charge is 2.48. The Balaban J connectivity index is 2.27. The molecular weight excluding hydrogens is 274 g/mol. The van der Waals surface area contributed by atoms with Gasteiger partial charge in [0, 0.05) is 6.07 Å². The van der Waals surface area contributed by atoms with Crippen molar-refractivity contribution in [3.63, 3.8) is 0 Å². The number of nitrogens with one attached hydrogen (secondary N) is 1. The van der Waals surface area contributed by atoms with Gasteiger partial charge < -0.3 is 10.4 Å². The van der Waals surface area contributed by atoms with E-state index < -0.39 is 16.4 Å². The van der Waals surface area contributed by atoms with Gasteiger partial charge in [-0.2, -0.15) is 0 Å². The molecule has 1 unspecified atom stereocenters. The summed E-state index contributed by atoms with van der Waals surface area (Å²) in [5.74, 6) is -0.839. The first-order valence-corrected chi connectivity index (χ1v) is 6.04. The first kappa shape index (κ1) is 13.5. The van der Waals surface area contributed by atoms with Crippen LogP contribution in [0.1, 0.15) is 19.8 Å². The summed E-state index contributed by atoms with van der Waals surface area (Å²) in [5.41, 5.74) is -1.40. The molecule has 0 bridgehead atoms. The van der Waals surface area contributed by atoms with Gasteiger partial charge in [-0.1, -0.05) is 11.6 Å². The molecule has 1 fully saturated rings. The first-order chi connectivity index (χ1) is 8.84. The molecule has 0 aromatic carbocycles. The summed E-state index contributed by atoms with van der Waals surface area (Å²) in [5, 5.41) is 22.7. The van der Waals surface area contributed by atoms with E-state index in [9.17, 15) is 20.0 Å². The third-order valence-corrected chi connectivity index (χ3v) is 3.54. The number of aliphatic carboxylic acids is 1. The van der Waals surface area contributed by atoms with Gasteiger partial charge in [0.25, 0.3) is 5.69 Å². The van der Waals surface area contributed by atoms with Crippen LogP contribution in [0.4, 0.5) is 11.5 Å². The standard InChI is InChI=1S/C11H12ClN3O4/c1-11(10(16)17,6-2-3-6)14-9-8(12)4-7(5-13-9)15(18)19/h4-6H,2-3H2,1H3,(H,13,14)(H,16,17). The van der Waals surface area contributed by atoms with Crippen molar-refractivity contribution in [1.29, 1.82) is 0 Å². The Labute approximate surface area is 113 Å². The smallest absolute Gasteiger partial charge is 0.329 e. The van der Waals surface area contributed by atoms with Crippen LogP contribution < -0.4 is 5.32 Å². The fourth-order valence-electron chi connectivity index (χ4n) is 1.86. The molecule has 0 spiro atoms. The molecule has 1 aromatic heterocycles. The number of nitrogens with zero attached hydrogens (tertiary/aromatic N) is 2. The number of hydrogen-bond acceptors (Lipinski definition) is 5. The molecule has 1 atom stereocenters. The Hall–Kier alpha value is -1.89. The Morgan fingerprint density at radius 1 is 1.68 bits per heavy atom. The second-order valence-electron chi connectivity index (χ2n) is 4.69. The molecule has 102 valence electrons. The summed E-state index contributed by atoms with van der Waals surface area (Å²) in [6, 6.07) is 1.14. The van der Waals surface area contributed by atoms with Crippen molar-refractivity contribution in [2.45, 2.75) is 25.3 Å². The van der Waals surface area contributed by atoms with Crippen molar-refractivity contribution in [3.05, 3.63) is 27.4 Å². The highest BCUT2D eigenvalue weighted by molar-refractivity contribution is 6.33. The molecule has 19 heavy (non-hydrogen) atoms. The van der Waals surface area contributed by atoms with Crippen LogP contribution in [-0.4, -0.2) is 26.5 Å². The number of aromatic nitrogens is 1. The predicted molar refractivity (Wildman–Crippen MR) is 68.3 cm³/mol. The topological polar surface area (TPSA) is 105 Å². The Kier molecular flexibility index (Phi) is 3.32. The number of carboxylic acid groups (broad SMARTS) is 1. The van der Waals surface area contributed by atoms with Crippen LogP contribution in [0.2, 0.25) is 5.02 Å². The van der Waals surface area contributed by atoms with Crippen molar-refractivity contribution >= 4 is 29.1 Å². The maximum Gasteiger partial charge on any atom is 0.329 e. The highest BCUT2D eigenvalue weighted by Crippen LogP contribution is 2.42. The van der Waals surface area contributed by atoms with Crippen LogP contribution in [0.15, 0.2) is 12.3 Å². The minimum Gasteiger partial charge on any atom is -0.480 e. The van der Waals surface area contributed by atoms with Gasteiger partial charge in [-0.25, -0.2) is 9.78 Å². The fourth-order valence-corrected chi connectivity index (χ4v) is 2.06. The van der Waals surface area contributed by atoms with Gasteiger partial charge in [-0.05, 0) is 25.7 Å². The number of pyridine rings is 1. The van der Waals surface area contributed by atoms with Gasteiger partial charge in [-0.15, -0.1) is 0 Å². The van der Waals surface area contributed by atoms with E-state index in [2.05, 4.69) is 10.3 Å². The molecule has 2 N–H and O–H groups in total. The maximum absolute atomic E-state index is 11.4. The Bertz CT molecular complexity index is 547. The number of hydrogen-bond donors (Lipinski definition) is 2. The van der Waals surface area contributed by atoms with Gasteiger partial charge in [-0.3, -0.25) is 10.1 Å². The van der Waals surface area contributed by atoms with Gasteiger partial charge in [0.2, 0.25) is 0 Å². The van der Waals surface area contributed by atoms with Crippen LogP contribution in [0.5, 0.6) is 0 Å². The number of carboxylic acids is 1. The predicted octanol–water partition coefficient (Wildman–Crippen LogP) is 2.31. The van der Waals surface area contributed by atoms with E-state index in [4.69, 9.17) is 11.6 Å². The lowest BCUT2D eigenvalue weighted by molar-refractivity contribution is -0.385. The average molecular weight is 286 g/mol. The van der Waals surface area contributed by atoms with Crippen LogP contribution in [0.3, 0.4) is 0 Å². The van der Waals surface area contributed by atoms with Gasteiger partial charge in [0.1, 0.15) is 17.6 Å². The maximum atomic E-state index is 11.4. The zero-order chi connectivity index (χ0) is 14.2. The molecule has 1 aliphatic rings. The third kappa shape index (κ3) is 2.60. The second-order valence-corrected chi connectivity index (χ2v) is 5.10. The molecule has 7 nitrogen and oxygen atoms in total. The normalized spacial score (nSPS) is 17.6. The molecule has 0 radical (unpaired) electrons. The number of anilines is 1. The van der Waals surface area contributed by atoms with E-state index in [1.54, 1.807) is 6.92 Å². The SMILES string of the molecule is CC(Nc1ncc([N+](=O)[O-])cc1Cl)(C(=O)O)C1CC1. The molecule has 0 amide bonds. The van der Waals surface area contributed by atoms with E-state index in [1.807, 2.05) is 0 Å². The Morgan fingerprint density at radius 2 is 2.32 bits per heavy atom. The first-order valence-electron chi connectivity index (χ1n) is 5.66. The van der Waals surface area contributed by atoms with E-state index >= 15 is 0 Å². The minimum atomic E-state index is -1.16. The molecule has 1 heterocycles. The van der Waals surface area contributed by atoms with Gasteiger partial charge in [0.05, 0.1) is 9.95 Å². The summed E-state index contributed by atoms with van der Waals surface area (Å²) in [6.07, 6.45) is 2.68. The fraction of sp³-hybridized carbons (Fsp3) is 0.455. The molecule has 1 saturated carbocycles. The summed E-state index contributed by atoms with van der Waals surface area (Å²) in [7, 11) is 0. The van der Waals surface area contributed by atoms with Gasteiger partial charge >= 0.3 is 5.97 Å². The molecule has 0 aliphatic heterocycles. The molecule has 8 heteroatoms. The van der Waals surface area contributed by atoms with Crippen molar-refractivity contribution in [1.82, 2.24) is 4.98 Å². The lowest BCUT2D eigenvalue weighted by Crippen LogP contribution is -2.45. The van der Waals surface area contributed by atoms with Crippen molar-refractivity contribution in [3.8, 4) is 0 Å². The Morgan fingerprint density at radius 3 is 2.74 bits per heavy atom. The molecule has 1 aliphatic carbocycles. The van der Waals surface area contributed by atoms with Crippen LogP contribution in [0.25, 0.3) is 0 Å². The quantitative estimate of drug-likeness (QED) is 0.635. The largest absolute Gasteiger partial charge is 0.480 e. The minimum absolute atomic E-state index is 0.0121. The van der Waals surface area contributed by atoms with Crippen molar-refractivity contribution in [2.24, 2.45) is 5.92 Å². The summed E-state index contributed by atoms with van der Waals surface area (Å²) < 4.78 is 0. The van der Waals surface area contributed by atoms with E-state index in [1.165, 1.54) is 0 Å². The summed E-state index contributed by atoms with van der Waals surface area (Å²) in [6.45, 7) is 1.56. The number of rotatable bonds is 5. The van der Waals surface area contributed by atoms with Crippen LogP contribution in [-0.2, 0) is 4.79 Å². The van der Waals surface area contributed by atoms with Crippen LogP contribution in [0, 0.1) is 16.0 Å². The molecular formula is C11H12ClN3O4. The van der Waals surface area contributed by atoms with E-state index in [-0.39, 0.29) is 22.4 Å². The highest BCUT2D eigenvalue weighted by atomic mass is 35.5. The zero-order valence-electron chi connectivity index (χ0n) is 10.1. The number of carbonyl (C=O) groups is 1. The third-order valence-electron chi connectivity index (χ3n) is 3.25. The summed E-state index contributed by atoms with van der Waals surface area (Å²) in [4.78, 5) is 25.1. The monoisotopic (exact) mass is 285 g/mol. The average Bonchev–Trinajstić information content (AvgIpc) is 3.15. The van der Waals surface area contributed by atoms with Crippen LogP contribution >= 0.6 is 11.6 Å². The zero-order valence-corrected chi connectivity index (χ0v) is 10.8. The lowest BCUT2D eigenvalue weighted by Gasteiger charge is -2.27. The molecule has 2 rings (SSSR count). The van der Waals surface area contributed by atoms with Crippen molar-refractivity contribution < 1.29 is 14.8 Å². The number of halogens is 1. The van der Waals surface area contributed by atoms with Gasteiger partial charge in [0.15, 0.2) is 0 Å². The number of nitro groups is 1. The van der Waals surface area contributed by atoms with E-state index in [0.717, 1.165) is 25.1 Å². The summed E-state index contributed by atoms with van der Waals surface area (Å²) >= 11 is 5.89. The lowest BCUT2D eigenvalue weighted by atomic mass is 9.96. The molecule has 1 aromatic rings. The van der Waals surface area contributed by atoms with E-state index in [0.29, 0.717) is 0 Å². The van der Waals surface area contributed by atoms with Crippen molar-refractivity contribution in [2.75, 3.05) is 5.32 Å².